The summed E-state index contributed by atoms with van der Waals surface area (Å²) in [4.78, 5) is 4.59. The van der Waals surface area contributed by atoms with Gasteiger partial charge in [0.2, 0.25) is 0 Å². The van der Waals surface area contributed by atoms with Crippen LogP contribution in [0, 0.1) is 5.82 Å². The predicted octanol–water partition coefficient (Wildman–Crippen LogP) is 2.81. The Labute approximate surface area is 134 Å². The number of halogens is 1. The van der Waals surface area contributed by atoms with Crippen molar-refractivity contribution in [3.8, 4) is 5.75 Å². The Hall–Kier alpha value is -2.21. The molecular formula is C17H20FN3O2. The maximum Gasteiger partial charge on any atom is 0.188 e. The first-order valence-electron chi connectivity index (χ1n) is 7.84. The molecule has 2 aromatic rings. The topological polar surface area (TPSA) is 60.2 Å². The second-order valence-corrected chi connectivity index (χ2v) is 5.56. The molecule has 1 aromatic carbocycles. The van der Waals surface area contributed by atoms with Crippen LogP contribution in [0.2, 0.25) is 0 Å². The third-order valence-electron chi connectivity index (χ3n) is 3.87. The van der Waals surface area contributed by atoms with Gasteiger partial charge in [-0.15, -0.1) is 0 Å². The average Bonchev–Trinajstić information content (AvgIpc) is 2.99. The number of ether oxygens (including phenoxy) is 1. The number of aliphatic hydroxyl groups is 1. The minimum atomic E-state index is -0.296. The number of hydrogen-bond acceptors (Lipinski definition) is 4. The van der Waals surface area contributed by atoms with E-state index < -0.39 is 0 Å². The van der Waals surface area contributed by atoms with Gasteiger partial charge in [0.15, 0.2) is 5.82 Å². The lowest BCUT2D eigenvalue weighted by molar-refractivity contribution is 0.262. The van der Waals surface area contributed by atoms with Gasteiger partial charge in [0.05, 0.1) is 13.2 Å². The Bertz CT molecular complexity index is 667. The number of aliphatic hydroxyl groups excluding tert-OH is 1. The number of allylic oxidation sites excluding steroid dienone is 2. The molecule has 6 heteroatoms. The Morgan fingerprint density at radius 1 is 1.26 bits per heavy atom. The van der Waals surface area contributed by atoms with Gasteiger partial charge in [-0.05, 0) is 43.5 Å². The smallest absolute Gasteiger partial charge is 0.188 e. The molecule has 3 rings (SSSR count). The minimum absolute atomic E-state index is 0.0250. The summed E-state index contributed by atoms with van der Waals surface area (Å²) < 4.78 is 20.3. The molecule has 0 bridgehead atoms. The average molecular weight is 317 g/mol. The van der Waals surface area contributed by atoms with Crippen LogP contribution in [0.3, 0.4) is 0 Å². The van der Waals surface area contributed by atoms with Crippen LogP contribution < -0.4 is 4.74 Å². The number of aromatic nitrogens is 3. The van der Waals surface area contributed by atoms with Crippen molar-refractivity contribution in [1.82, 2.24) is 14.8 Å². The minimum Gasteiger partial charge on any atom is -0.486 e. The van der Waals surface area contributed by atoms with Gasteiger partial charge in [0, 0.05) is 5.92 Å². The standard InChI is InChI=1S/C17H20FN3O2/c18-14-6-8-15(9-7-14)23-12-16-19-17(21(20-16)10-11-22)13-4-2-1-3-5-13/h1-2,6-9,13,22H,3-5,10-12H2. The normalized spacial score (nSPS) is 17.4. The van der Waals surface area contributed by atoms with Crippen molar-refractivity contribution in [2.24, 2.45) is 0 Å². The molecule has 5 nitrogen and oxygen atoms in total. The van der Waals surface area contributed by atoms with Crippen LogP contribution in [0.1, 0.15) is 36.8 Å². The van der Waals surface area contributed by atoms with Gasteiger partial charge < -0.3 is 9.84 Å². The first kappa shape index (κ1) is 15.7. The van der Waals surface area contributed by atoms with Gasteiger partial charge in [-0.3, -0.25) is 0 Å². The largest absolute Gasteiger partial charge is 0.486 e. The van der Waals surface area contributed by atoms with E-state index in [2.05, 4.69) is 22.2 Å². The van der Waals surface area contributed by atoms with E-state index in [1.54, 1.807) is 16.8 Å². The van der Waals surface area contributed by atoms with E-state index in [1.807, 2.05) is 0 Å². The van der Waals surface area contributed by atoms with E-state index in [9.17, 15) is 9.50 Å². The molecule has 0 fully saturated rings. The highest BCUT2D eigenvalue weighted by atomic mass is 19.1. The van der Waals surface area contributed by atoms with E-state index in [0.717, 1.165) is 25.1 Å². The summed E-state index contributed by atoms with van der Waals surface area (Å²) in [5, 5.41) is 13.6. The molecule has 0 saturated heterocycles. The zero-order valence-electron chi connectivity index (χ0n) is 12.9. The van der Waals surface area contributed by atoms with Gasteiger partial charge in [-0.25, -0.2) is 14.1 Å². The summed E-state index contributed by atoms with van der Waals surface area (Å²) in [5.74, 6) is 2.09. The molecule has 0 aliphatic heterocycles. The molecule has 1 aliphatic carbocycles. The Morgan fingerprint density at radius 2 is 2.09 bits per heavy atom. The van der Waals surface area contributed by atoms with E-state index in [0.29, 0.717) is 24.0 Å². The second-order valence-electron chi connectivity index (χ2n) is 5.56. The first-order chi connectivity index (χ1) is 11.3. The molecule has 122 valence electrons. The maximum absolute atomic E-state index is 12.9. The van der Waals surface area contributed by atoms with Gasteiger partial charge >= 0.3 is 0 Å². The molecule has 1 unspecified atom stereocenters. The first-order valence-corrected chi connectivity index (χ1v) is 7.84. The lowest BCUT2D eigenvalue weighted by Gasteiger charge is -2.17. The number of nitrogens with zero attached hydrogens (tertiary/aromatic N) is 3. The fraction of sp³-hybridized carbons (Fsp3) is 0.412. The summed E-state index contributed by atoms with van der Waals surface area (Å²) in [6.07, 6.45) is 7.38. The lowest BCUT2D eigenvalue weighted by Crippen LogP contribution is -2.13. The molecule has 1 N–H and O–H groups in total. The molecular weight excluding hydrogens is 297 g/mol. The van der Waals surface area contributed by atoms with Crippen molar-refractivity contribution in [3.63, 3.8) is 0 Å². The van der Waals surface area contributed by atoms with E-state index >= 15 is 0 Å². The van der Waals surface area contributed by atoms with Crippen molar-refractivity contribution < 1.29 is 14.2 Å². The lowest BCUT2D eigenvalue weighted by atomic mass is 9.94. The van der Waals surface area contributed by atoms with Crippen LogP contribution in [0.4, 0.5) is 4.39 Å². The van der Waals surface area contributed by atoms with Gasteiger partial charge in [0.25, 0.3) is 0 Å². The van der Waals surface area contributed by atoms with E-state index in [-0.39, 0.29) is 19.0 Å². The fourth-order valence-corrected chi connectivity index (χ4v) is 2.73. The number of benzene rings is 1. The summed E-state index contributed by atoms with van der Waals surface area (Å²) in [6.45, 7) is 0.676. The quantitative estimate of drug-likeness (QED) is 0.832. The van der Waals surface area contributed by atoms with Crippen LogP contribution in [0.5, 0.6) is 5.75 Å². The van der Waals surface area contributed by atoms with Crippen LogP contribution in [-0.2, 0) is 13.2 Å². The summed E-state index contributed by atoms with van der Waals surface area (Å²) in [7, 11) is 0. The van der Waals surface area contributed by atoms with Crippen molar-refractivity contribution >= 4 is 0 Å². The van der Waals surface area contributed by atoms with Crippen molar-refractivity contribution in [1.29, 1.82) is 0 Å². The van der Waals surface area contributed by atoms with Crippen molar-refractivity contribution in [3.05, 3.63) is 53.9 Å². The van der Waals surface area contributed by atoms with E-state index in [4.69, 9.17) is 4.74 Å². The highest BCUT2D eigenvalue weighted by molar-refractivity contribution is 5.22. The predicted molar refractivity (Wildman–Crippen MR) is 83.6 cm³/mol. The SMILES string of the molecule is OCCn1nc(COc2ccc(F)cc2)nc1C1CC=CCC1. The summed E-state index contributed by atoms with van der Waals surface area (Å²) in [6, 6.07) is 5.86. The van der Waals surface area contributed by atoms with Crippen LogP contribution in [-0.4, -0.2) is 26.5 Å². The summed E-state index contributed by atoms with van der Waals surface area (Å²) >= 11 is 0. The van der Waals surface area contributed by atoms with Gasteiger partial charge in [-0.1, -0.05) is 12.2 Å². The zero-order valence-corrected chi connectivity index (χ0v) is 12.9. The molecule has 1 heterocycles. The number of rotatable bonds is 6. The molecule has 1 atom stereocenters. The highest BCUT2D eigenvalue weighted by Crippen LogP contribution is 2.28. The third kappa shape index (κ3) is 3.96. The molecule has 0 spiro atoms. The molecule has 1 aliphatic rings. The Kier molecular flexibility index (Phi) is 5.02. The molecule has 0 radical (unpaired) electrons. The number of hydrogen-bond donors (Lipinski definition) is 1. The maximum atomic E-state index is 12.9. The van der Waals surface area contributed by atoms with Crippen molar-refractivity contribution in [2.75, 3.05) is 6.61 Å². The second kappa shape index (κ2) is 7.37. The van der Waals surface area contributed by atoms with E-state index in [1.165, 1.54) is 12.1 Å². The molecule has 23 heavy (non-hydrogen) atoms. The molecule has 0 amide bonds. The van der Waals surface area contributed by atoms with Crippen LogP contribution in [0.15, 0.2) is 36.4 Å². The molecule has 0 saturated carbocycles. The Morgan fingerprint density at radius 3 is 2.78 bits per heavy atom. The third-order valence-corrected chi connectivity index (χ3v) is 3.87. The monoisotopic (exact) mass is 317 g/mol. The Balaban J connectivity index is 1.71. The summed E-state index contributed by atoms with van der Waals surface area (Å²) in [5.41, 5.74) is 0. The van der Waals surface area contributed by atoms with Crippen LogP contribution in [0.25, 0.3) is 0 Å². The fourth-order valence-electron chi connectivity index (χ4n) is 2.73. The zero-order chi connectivity index (χ0) is 16.1. The highest BCUT2D eigenvalue weighted by Gasteiger charge is 2.20. The molecule has 1 aromatic heterocycles. The van der Waals surface area contributed by atoms with Gasteiger partial charge in [0.1, 0.15) is 24.0 Å². The van der Waals surface area contributed by atoms with Crippen molar-refractivity contribution in [2.45, 2.75) is 38.3 Å². The van der Waals surface area contributed by atoms with Crippen LogP contribution >= 0.6 is 0 Å². The van der Waals surface area contributed by atoms with Gasteiger partial charge in [-0.2, -0.15) is 5.10 Å².